The average molecular weight is 254 g/mol. The maximum Gasteiger partial charge on any atom is 0.244 e. The van der Waals surface area contributed by atoms with E-state index in [0.29, 0.717) is 0 Å². The van der Waals surface area contributed by atoms with Gasteiger partial charge in [-0.2, -0.15) is 0 Å². The molecule has 4 heteroatoms. The summed E-state index contributed by atoms with van der Waals surface area (Å²) in [6, 6.07) is 7.77. The first kappa shape index (κ1) is 12.4. The molecular weight excluding hydrogens is 238 g/mol. The van der Waals surface area contributed by atoms with Gasteiger partial charge in [-0.25, -0.2) is 0 Å². The Hall–Kier alpha value is -1.06. The number of anilines is 1. The van der Waals surface area contributed by atoms with Crippen molar-refractivity contribution in [3.63, 3.8) is 0 Å². The number of hydrogen-bond donors (Lipinski definition) is 0. The van der Waals surface area contributed by atoms with Crippen LogP contribution in [0.2, 0.25) is 0 Å². The number of hydrogen-bond acceptors (Lipinski definition) is 2. The van der Waals surface area contributed by atoms with E-state index in [1.54, 1.807) is 4.90 Å². The van der Waals surface area contributed by atoms with Gasteiger partial charge in [0.1, 0.15) is 11.6 Å². The van der Waals surface area contributed by atoms with Crippen molar-refractivity contribution in [1.29, 1.82) is 0 Å². The molecule has 0 fully saturated rings. The van der Waals surface area contributed by atoms with Gasteiger partial charge in [0.2, 0.25) is 5.91 Å². The van der Waals surface area contributed by atoms with E-state index in [0.717, 1.165) is 11.3 Å². The molecule has 1 aromatic rings. The summed E-state index contributed by atoms with van der Waals surface area (Å²) in [5.74, 6) is -0.189. The fourth-order valence-corrected chi connectivity index (χ4v) is 2.49. The van der Waals surface area contributed by atoms with E-state index in [1.807, 2.05) is 45.0 Å². The van der Waals surface area contributed by atoms with Gasteiger partial charge in [-0.15, -0.1) is 11.6 Å². The van der Waals surface area contributed by atoms with E-state index in [2.05, 4.69) is 0 Å². The second-order valence-electron chi connectivity index (χ2n) is 4.63. The van der Waals surface area contributed by atoms with Gasteiger partial charge in [0.25, 0.3) is 0 Å². The number of fused-ring (bicyclic) bond motifs is 1. The summed E-state index contributed by atoms with van der Waals surface area (Å²) in [5, 5.41) is 0. The van der Waals surface area contributed by atoms with Gasteiger partial charge >= 0.3 is 0 Å². The van der Waals surface area contributed by atoms with E-state index in [4.69, 9.17) is 16.3 Å². The molecule has 17 heavy (non-hydrogen) atoms. The molecule has 1 heterocycles. The van der Waals surface area contributed by atoms with Crippen LogP contribution in [0.5, 0.6) is 0 Å². The molecular formula is C13H16ClNO2. The number of benzene rings is 1. The van der Waals surface area contributed by atoms with Crippen LogP contribution in [0.4, 0.5) is 5.69 Å². The van der Waals surface area contributed by atoms with Crippen LogP contribution in [0.15, 0.2) is 24.3 Å². The van der Waals surface area contributed by atoms with Crippen molar-refractivity contribution in [2.24, 2.45) is 0 Å². The molecule has 1 unspecified atom stereocenters. The van der Waals surface area contributed by atoms with E-state index in [1.165, 1.54) is 0 Å². The van der Waals surface area contributed by atoms with E-state index >= 15 is 0 Å². The van der Waals surface area contributed by atoms with E-state index in [-0.39, 0.29) is 17.9 Å². The minimum Gasteiger partial charge on any atom is -0.348 e. The standard InChI is InChI=1S/C13H16ClNO2/c1-9-10-6-4-5-7-11(10)15(12(16)8-14)13(2,3)17-9/h4-7,9H,8H2,1-3H3. The Kier molecular flexibility index (Phi) is 3.15. The second-order valence-corrected chi connectivity index (χ2v) is 4.90. The van der Waals surface area contributed by atoms with Gasteiger partial charge in [0.15, 0.2) is 0 Å². The van der Waals surface area contributed by atoms with Crippen molar-refractivity contribution in [3.05, 3.63) is 29.8 Å². The molecule has 0 N–H and O–H groups in total. The Balaban J connectivity index is 2.55. The third-order valence-electron chi connectivity index (χ3n) is 2.98. The zero-order valence-corrected chi connectivity index (χ0v) is 11.0. The Bertz CT molecular complexity index is 445. The van der Waals surface area contributed by atoms with Crippen LogP contribution in [0, 0.1) is 0 Å². The molecule has 0 saturated heterocycles. The zero-order valence-electron chi connectivity index (χ0n) is 10.2. The number of carbonyl (C=O) groups excluding carboxylic acids is 1. The number of alkyl halides is 1. The predicted octanol–water partition coefficient (Wildman–Crippen LogP) is 3.09. The fraction of sp³-hybridized carbons (Fsp3) is 0.462. The summed E-state index contributed by atoms with van der Waals surface area (Å²) in [5.41, 5.74) is 1.24. The minimum atomic E-state index is -0.667. The number of para-hydroxylation sites is 1. The fourth-order valence-electron chi connectivity index (χ4n) is 2.37. The number of ether oxygens (including phenoxy) is 1. The topological polar surface area (TPSA) is 29.5 Å². The largest absolute Gasteiger partial charge is 0.348 e. The summed E-state index contributed by atoms with van der Waals surface area (Å²) in [6.45, 7) is 5.75. The molecule has 3 nitrogen and oxygen atoms in total. The van der Waals surface area contributed by atoms with Crippen LogP contribution < -0.4 is 4.90 Å². The molecule has 0 spiro atoms. The summed E-state index contributed by atoms with van der Waals surface area (Å²) in [6.07, 6.45) is -0.0272. The average Bonchev–Trinajstić information content (AvgIpc) is 2.27. The molecule has 1 aromatic carbocycles. The maximum atomic E-state index is 12.0. The highest BCUT2D eigenvalue weighted by Crippen LogP contribution is 2.40. The molecule has 0 bridgehead atoms. The number of rotatable bonds is 1. The van der Waals surface area contributed by atoms with Crippen LogP contribution >= 0.6 is 11.6 Å². The molecule has 1 amide bonds. The molecule has 1 aliphatic heterocycles. The summed E-state index contributed by atoms with van der Waals surface area (Å²) in [7, 11) is 0. The molecule has 0 aromatic heterocycles. The highest BCUT2D eigenvalue weighted by Gasteiger charge is 2.40. The third-order valence-corrected chi connectivity index (χ3v) is 3.21. The Morgan fingerprint density at radius 1 is 1.47 bits per heavy atom. The first-order valence-electron chi connectivity index (χ1n) is 5.63. The van der Waals surface area contributed by atoms with Gasteiger partial charge in [0, 0.05) is 5.56 Å². The molecule has 1 atom stereocenters. The lowest BCUT2D eigenvalue weighted by molar-refractivity contribution is -0.128. The van der Waals surface area contributed by atoms with Gasteiger partial charge in [-0.05, 0) is 26.8 Å². The lowest BCUT2D eigenvalue weighted by Crippen LogP contribution is -2.53. The van der Waals surface area contributed by atoms with Crippen molar-refractivity contribution in [3.8, 4) is 0 Å². The number of amides is 1. The lowest BCUT2D eigenvalue weighted by atomic mass is 10.0. The van der Waals surface area contributed by atoms with Gasteiger partial charge < -0.3 is 4.74 Å². The van der Waals surface area contributed by atoms with E-state index < -0.39 is 5.72 Å². The van der Waals surface area contributed by atoms with Crippen molar-refractivity contribution < 1.29 is 9.53 Å². The van der Waals surface area contributed by atoms with Crippen LogP contribution in [0.25, 0.3) is 0 Å². The van der Waals surface area contributed by atoms with Gasteiger partial charge in [-0.3, -0.25) is 9.69 Å². The Morgan fingerprint density at radius 3 is 2.76 bits per heavy atom. The monoisotopic (exact) mass is 253 g/mol. The molecule has 92 valence electrons. The number of halogens is 1. The Labute approximate surface area is 106 Å². The third kappa shape index (κ3) is 2.05. The molecule has 1 aliphatic rings. The quantitative estimate of drug-likeness (QED) is 0.720. The molecule has 2 rings (SSSR count). The van der Waals surface area contributed by atoms with Crippen LogP contribution in [-0.4, -0.2) is 17.5 Å². The predicted molar refractivity (Wildman–Crippen MR) is 68.2 cm³/mol. The van der Waals surface area contributed by atoms with Crippen molar-refractivity contribution in [2.75, 3.05) is 10.8 Å². The molecule has 0 aliphatic carbocycles. The molecule has 0 saturated carbocycles. The Morgan fingerprint density at radius 2 is 2.12 bits per heavy atom. The molecule has 0 radical (unpaired) electrons. The normalized spacial score (nSPS) is 22.1. The smallest absolute Gasteiger partial charge is 0.244 e. The highest BCUT2D eigenvalue weighted by molar-refractivity contribution is 6.29. The summed E-state index contributed by atoms with van der Waals surface area (Å²) < 4.78 is 5.88. The zero-order chi connectivity index (χ0) is 12.6. The first-order valence-corrected chi connectivity index (χ1v) is 6.16. The SMILES string of the molecule is CC1OC(C)(C)N(C(=O)CCl)c2ccccc21. The number of nitrogens with zero attached hydrogens (tertiary/aromatic N) is 1. The second kappa shape index (κ2) is 4.31. The lowest BCUT2D eigenvalue weighted by Gasteiger charge is -2.45. The summed E-state index contributed by atoms with van der Waals surface area (Å²) in [4.78, 5) is 13.6. The van der Waals surface area contributed by atoms with Crippen molar-refractivity contribution in [1.82, 2.24) is 0 Å². The van der Waals surface area contributed by atoms with Gasteiger partial charge in [0.05, 0.1) is 11.8 Å². The van der Waals surface area contributed by atoms with Crippen molar-refractivity contribution in [2.45, 2.75) is 32.6 Å². The number of carbonyl (C=O) groups is 1. The van der Waals surface area contributed by atoms with Crippen LogP contribution in [-0.2, 0) is 9.53 Å². The van der Waals surface area contributed by atoms with Gasteiger partial charge in [-0.1, -0.05) is 18.2 Å². The van der Waals surface area contributed by atoms with E-state index in [9.17, 15) is 4.79 Å². The first-order chi connectivity index (χ1) is 7.97. The van der Waals surface area contributed by atoms with Crippen LogP contribution in [0.3, 0.4) is 0 Å². The highest BCUT2D eigenvalue weighted by atomic mass is 35.5. The van der Waals surface area contributed by atoms with Crippen LogP contribution in [0.1, 0.15) is 32.4 Å². The minimum absolute atomic E-state index is 0.0272. The maximum absolute atomic E-state index is 12.0. The summed E-state index contributed by atoms with van der Waals surface area (Å²) >= 11 is 5.67. The van der Waals surface area contributed by atoms with Crippen molar-refractivity contribution >= 4 is 23.2 Å².